The van der Waals surface area contributed by atoms with Crippen LogP contribution in [-0.2, 0) is 4.79 Å². The van der Waals surface area contributed by atoms with Gasteiger partial charge in [0.05, 0.1) is 22.3 Å². The predicted molar refractivity (Wildman–Crippen MR) is 109 cm³/mol. The maximum Gasteiger partial charge on any atom is 0.230 e. The molecule has 1 saturated carbocycles. The molecule has 0 aliphatic heterocycles. The highest BCUT2D eigenvalue weighted by atomic mass is 32.2. The first-order chi connectivity index (χ1) is 13.3. The standard InChI is InChI=1S/C21H20N4OS/c26-19(22-14-7-1-2-8-14)13-27-21-24-16-10-4-3-9-15(16)20-23-17-11-5-6-12-18(17)25(20)21/h3-6,9-12,14H,1-2,7-8,13H2,(H,22,26). The van der Waals surface area contributed by atoms with Crippen molar-refractivity contribution in [3.63, 3.8) is 0 Å². The van der Waals surface area contributed by atoms with Crippen molar-refractivity contribution in [3.05, 3.63) is 48.5 Å². The van der Waals surface area contributed by atoms with E-state index in [1.165, 1.54) is 24.6 Å². The van der Waals surface area contributed by atoms with Gasteiger partial charge in [-0.25, -0.2) is 9.97 Å². The van der Waals surface area contributed by atoms with Crippen LogP contribution >= 0.6 is 11.8 Å². The third kappa shape index (κ3) is 3.04. The summed E-state index contributed by atoms with van der Waals surface area (Å²) < 4.78 is 2.07. The zero-order valence-electron chi connectivity index (χ0n) is 14.9. The van der Waals surface area contributed by atoms with Gasteiger partial charge in [-0.15, -0.1) is 0 Å². The fourth-order valence-electron chi connectivity index (χ4n) is 3.88. The number of thioether (sulfide) groups is 1. The Morgan fingerprint density at radius 3 is 2.63 bits per heavy atom. The highest BCUT2D eigenvalue weighted by molar-refractivity contribution is 7.99. The zero-order valence-corrected chi connectivity index (χ0v) is 15.7. The maximum atomic E-state index is 12.4. The second-order valence-electron chi connectivity index (χ2n) is 7.01. The number of carbonyl (C=O) groups excluding carboxylic acids is 1. The minimum Gasteiger partial charge on any atom is -0.353 e. The van der Waals surface area contributed by atoms with Crippen molar-refractivity contribution < 1.29 is 4.79 Å². The van der Waals surface area contributed by atoms with Crippen LogP contribution in [0.25, 0.3) is 27.6 Å². The molecule has 6 heteroatoms. The summed E-state index contributed by atoms with van der Waals surface area (Å²) in [6.45, 7) is 0. The molecule has 0 saturated heterocycles. The predicted octanol–water partition coefficient (Wildman–Crippen LogP) is 4.19. The Hall–Kier alpha value is -2.60. The average Bonchev–Trinajstić information content (AvgIpc) is 3.34. The molecule has 0 atom stereocenters. The van der Waals surface area contributed by atoms with Crippen LogP contribution in [0.4, 0.5) is 0 Å². The number of amides is 1. The highest BCUT2D eigenvalue weighted by Crippen LogP contribution is 2.29. The first kappa shape index (κ1) is 16.6. The smallest absolute Gasteiger partial charge is 0.230 e. The minimum absolute atomic E-state index is 0.0828. The van der Waals surface area contributed by atoms with Crippen molar-refractivity contribution in [2.75, 3.05) is 5.75 Å². The summed E-state index contributed by atoms with van der Waals surface area (Å²) in [7, 11) is 0. The fourth-order valence-corrected chi connectivity index (χ4v) is 4.70. The van der Waals surface area contributed by atoms with E-state index >= 15 is 0 Å². The van der Waals surface area contributed by atoms with E-state index in [0.29, 0.717) is 11.8 Å². The topological polar surface area (TPSA) is 59.3 Å². The van der Waals surface area contributed by atoms with Gasteiger partial charge in [0, 0.05) is 11.4 Å². The molecule has 1 aliphatic rings. The van der Waals surface area contributed by atoms with Crippen LogP contribution in [0.2, 0.25) is 0 Å². The largest absolute Gasteiger partial charge is 0.353 e. The first-order valence-corrected chi connectivity index (χ1v) is 10.4. The van der Waals surface area contributed by atoms with Crippen molar-refractivity contribution in [3.8, 4) is 0 Å². The molecule has 0 bridgehead atoms. The number of para-hydroxylation sites is 3. The molecule has 27 heavy (non-hydrogen) atoms. The summed E-state index contributed by atoms with van der Waals surface area (Å²) in [5.74, 6) is 0.447. The van der Waals surface area contributed by atoms with Gasteiger partial charge in [0.2, 0.25) is 5.91 Å². The van der Waals surface area contributed by atoms with Gasteiger partial charge >= 0.3 is 0 Å². The van der Waals surface area contributed by atoms with Crippen LogP contribution < -0.4 is 5.32 Å². The molecule has 136 valence electrons. The molecule has 0 unspecified atom stereocenters. The van der Waals surface area contributed by atoms with Gasteiger partial charge in [0.25, 0.3) is 0 Å². The third-order valence-electron chi connectivity index (χ3n) is 5.17. The number of carbonyl (C=O) groups is 1. The number of rotatable bonds is 4. The molecule has 2 aromatic carbocycles. The lowest BCUT2D eigenvalue weighted by Crippen LogP contribution is -2.33. The van der Waals surface area contributed by atoms with Gasteiger partial charge in [-0.05, 0) is 37.1 Å². The van der Waals surface area contributed by atoms with Crippen LogP contribution in [0.15, 0.2) is 53.7 Å². The summed E-state index contributed by atoms with van der Waals surface area (Å²) in [6.07, 6.45) is 4.63. The zero-order chi connectivity index (χ0) is 18.2. The SMILES string of the molecule is O=C(CSc1nc2ccccc2c2nc3ccccc3n12)NC1CCCC1. The van der Waals surface area contributed by atoms with Crippen LogP contribution in [0.1, 0.15) is 25.7 Å². The van der Waals surface area contributed by atoms with E-state index in [1.54, 1.807) is 0 Å². The summed E-state index contributed by atoms with van der Waals surface area (Å²) >= 11 is 1.48. The molecule has 1 amide bonds. The van der Waals surface area contributed by atoms with Crippen LogP contribution in [0.3, 0.4) is 0 Å². The lowest BCUT2D eigenvalue weighted by molar-refractivity contribution is -0.119. The van der Waals surface area contributed by atoms with E-state index in [2.05, 4.69) is 15.8 Å². The van der Waals surface area contributed by atoms with Gasteiger partial charge in [0.15, 0.2) is 5.16 Å². The average molecular weight is 376 g/mol. The molecular weight excluding hydrogens is 356 g/mol. The van der Waals surface area contributed by atoms with E-state index in [1.807, 2.05) is 42.5 Å². The molecule has 1 aliphatic carbocycles. The van der Waals surface area contributed by atoms with Crippen molar-refractivity contribution in [2.24, 2.45) is 0 Å². The summed E-state index contributed by atoms with van der Waals surface area (Å²) in [4.78, 5) is 22.0. The molecule has 1 N–H and O–H groups in total. The van der Waals surface area contributed by atoms with Gasteiger partial charge < -0.3 is 5.32 Å². The normalized spacial score (nSPS) is 15.1. The second kappa shape index (κ2) is 6.85. The van der Waals surface area contributed by atoms with Gasteiger partial charge in [-0.2, -0.15) is 0 Å². The summed E-state index contributed by atoms with van der Waals surface area (Å²) in [5, 5.41) is 4.98. The Labute approximate surface area is 161 Å². The number of nitrogens with one attached hydrogen (secondary N) is 1. The van der Waals surface area contributed by atoms with Crippen LogP contribution in [0, 0.1) is 0 Å². The molecule has 5 nitrogen and oxygen atoms in total. The Bertz CT molecular complexity index is 1150. The van der Waals surface area contributed by atoms with Gasteiger partial charge in [-0.3, -0.25) is 9.20 Å². The number of benzene rings is 2. The van der Waals surface area contributed by atoms with E-state index in [-0.39, 0.29) is 5.91 Å². The highest BCUT2D eigenvalue weighted by Gasteiger charge is 2.19. The van der Waals surface area contributed by atoms with E-state index in [0.717, 1.165) is 45.6 Å². The van der Waals surface area contributed by atoms with Crippen molar-refractivity contribution >= 4 is 45.3 Å². The number of aromatic nitrogens is 3. The number of hydrogen-bond donors (Lipinski definition) is 1. The summed E-state index contributed by atoms with van der Waals surface area (Å²) in [5.41, 5.74) is 3.75. The molecule has 1 fully saturated rings. The number of imidazole rings is 1. The Kier molecular flexibility index (Phi) is 4.20. The molecule has 2 aromatic heterocycles. The maximum absolute atomic E-state index is 12.4. The van der Waals surface area contributed by atoms with Crippen molar-refractivity contribution in [1.29, 1.82) is 0 Å². The number of nitrogens with zero attached hydrogens (tertiary/aromatic N) is 3. The van der Waals surface area contributed by atoms with Gasteiger partial charge in [-0.1, -0.05) is 48.9 Å². The number of hydrogen-bond acceptors (Lipinski definition) is 4. The van der Waals surface area contributed by atoms with E-state index in [4.69, 9.17) is 9.97 Å². The fraction of sp³-hybridized carbons (Fsp3) is 0.286. The van der Waals surface area contributed by atoms with Crippen molar-refractivity contribution in [2.45, 2.75) is 36.9 Å². The van der Waals surface area contributed by atoms with Crippen molar-refractivity contribution in [1.82, 2.24) is 19.7 Å². The monoisotopic (exact) mass is 376 g/mol. The third-order valence-corrected chi connectivity index (χ3v) is 6.10. The number of fused-ring (bicyclic) bond motifs is 5. The molecule has 0 spiro atoms. The first-order valence-electron chi connectivity index (χ1n) is 9.38. The lowest BCUT2D eigenvalue weighted by atomic mass is 10.2. The van der Waals surface area contributed by atoms with Crippen LogP contribution in [0.5, 0.6) is 0 Å². The van der Waals surface area contributed by atoms with Gasteiger partial charge in [0.1, 0.15) is 5.65 Å². The second-order valence-corrected chi connectivity index (χ2v) is 7.95. The Morgan fingerprint density at radius 2 is 1.78 bits per heavy atom. The molecule has 5 rings (SSSR count). The Morgan fingerprint density at radius 1 is 1.04 bits per heavy atom. The van der Waals surface area contributed by atoms with Crippen LogP contribution in [-0.4, -0.2) is 32.1 Å². The van der Waals surface area contributed by atoms with E-state index < -0.39 is 0 Å². The molecule has 4 aromatic rings. The lowest BCUT2D eigenvalue weighted by Gasteiger charge is -2.12. The minimum atomic E-state index is 0.0828. The molecule has 0 radical (unpaired) electrons. The van der Waals surface area contributed by atoms with E-state index in [9.17, 15) is 4.79 Å². The quantitative estimate of drug-likeness (QED) is 0.429. The molecule has 2 heterocycles. The summed E-state index contributed by atoms with van der Waals surface area (Å²) in [6, 6.07) is 16.4. The molecular formula is C21H20N4OS. The Balaban J connectivity index is 1.54.